The van der Waals surface area contributed by atoms with E-state index in [0.29, 0.717) is 64.0 Å². The lowest BCUT2D eigenvalue weighted by molar-refractivity contribution is 0.0741. The quantitative estimate of drug-likeness (QED) is 0.251. The maximum atomic E-state index is 14.8. The Morgan fingerprint density at radius 2 is 1.80 bits per heavy atom. The van der Waals surface area contributed by atoms with E-state index in [1.165, 1.54) is 38.3 Å². The summed E-state index contributed by atoms with van der Waals surface area (Å²) in [5, 5.41) is 16.7. The summed E-state index contributed by atoms with van der Waals surface area (Å²) in [6.45, 7) is 10.2. The summed E-state index contributed by atoms with van der Waals surface area (Å²) in [6, 6.07) is 13.4. The van der Waals surface area contributed by atoms with Crippen molar-refractivity contribution >= 4 is 38.4 Å². The van der Waals surface area contributed by atoms with E-state index < -0.39 is 11.7 Å². The number of hydrogen-bond acceptors (Lipinski definition) is 7. The second-order valence-corrected chi connectivity index (χ2v) is 10.6. The summed E-state index contributed by atoms with van der Waals surface area (Å²) in [6.07, 6.45) is 4.40. The van der Waals surface area contributed by atoms with Crippen LogP contribution in [0.2, 0.25) is 0 Å². The van der Waals surface area contributed by atoms with Gasteiger partial charge in [0.05, 0.1) is 39.2 Å². The van der Waals surface area contributed by atoms with Crippen LogP contribution in [0, 0.1) is 17.1 Å². The van der Waals surface area contributed by atoms with Crippen molar-refractivity contribution in [2.24, 2.45) is 0 Å². The van der Waals surface area contributed by atoms with Crippen molar-refractivity contribution in [3.63, 3.8) is 0 Å². The third-order valence-electron chi connectivity index (χ3n) is 7.04. The van der Waals surface area contributed by atoms with Crippen LogP contribution in [-0.2, 0) is 6.42 Å². The molecule has 0 atom stereocenters. The van der Waals surface area contributed by atoms with E-state index >= 15 is 0 Å². The van der Waals surface area contributed by atoms with Gasteiger partial charge in [-0.1, -0.05) is 46.6 Å². The lowest BCUT2D eigenvalue weighted by Gasteiger charge is -2.35. The van der Waals surface area contributed by atoms with Gasteiger partial charge in [-0.05, 0) is 57.9 Å². The number of pyridine rings is 1. The molecule has 0 aliphatic carbocycles. The highest BCUT2D eigenvalue weighted by atomic mass is 79.9. The van der Waals surface area contributed by atoms with Crippen molar-refractivity contribution in [3.8, 4) is 11.8 Å². The van der Waals surface area contributed by atoms with Crippen LogP contribution in [0.5, 0.6) is 5.75 Å². The number of hydrogen-bond donors (Lipinski definition) is 1. The zero-order valence-electron chi connectivity index (χ0n) is 25.8. The summed E-state index contributed by atoms with van der Waals surface area (Å²) in [7, 11) is 1.51. The number of nitriles is 1. The molecule has 1 saturated heterocycles. The van der Waals surface area contributed by atoms with E-state index in [9.17, 15) is 14.0 Å². The van der Waals surface area contributed by atoms with E-state index in [0.717, 1.165) is 5.82 Å². The Labute approximate surface area is 265 Å². The largest absolute Gasteiger partial charge is 0.495 e. The molecule has 3 heterocycles. The minimum absolute atomic E-state index is 0.0191. The zero-order chi connectivity index (χ0) is 32.2. The number of halogens is 2. The van der Waals surface area contributed by atoms with Crippen molar-refractivity contribution < 1.29 is 13.9 Å². The molecule has 0 saturated carbocycles. The third-order valence-corrected chi connectivity index (χ3v) is 7.66. The molecule has 1 aliphatic rings. The molecule has 9 nitrogen and oxygen atoms in total. The maximum Gasteiger partial charge on any atom is 0.272 e. The minimum Gasteiger partial charge on any atom is -0.495 e. The number of nitrogens with one attached hydrogen (secondary N) is 1. The molecule has 44 heavy (non-hydrogen) atoms. The molecule has 0 spiro atoms. The third kappa shape index (κ3) is 7.99. The van der Waals surface area contributed by atoms with Gasteiger partial charge in [0.2, 0.25) is 0 Å². The molecular weight excluding hydrogens is 627 g/mol. The van der Waals surface area contributed by atoms with Crippen molar-refractivity contribution in [1.29, 1.82) is 5.26 Å². The number of aromatic amines is 1. The van der Waals surface area contributed by atoms with Gasteiger partial charge in [-0.25, -0.2) is 14.5 Å². The molecule has 2 aromatic carbocycles. The Morgan fingerprint density at radius 1 is 1.09 bits per heavy atom. The normalized spacial score (nSPS) is 12.4. The Morgan fingerprint density at radius 3 is 2.39 bits per heavy atom. The number of fused-ring (bicyclic) bond motifs is 1. The highest BCUT2D eigenvalue weighted by molar-refractivity contribution is 9.10. The standard InChI is InChI=1S/C27H22BrFN6O3.C4H10.C2H6/c1-38-25-20(28)5-4-18-24(25)22(32-33-26(18)36)13-16-2-6-21(29)19(12-16)27(37)35-10-8-34(9-11-35)23-7-3-17(14-30)15-31-23;1-3-4-2;1-2/h2-7,12,15H,8-11,13H2,1H3,(H,33,36);3-4H2,1-2H3;1-2H3. The molecular formula is C33H38BrFN6O3. The molecule has 4 aromatic rings. The van der Waals surface area contributed by atoms with E-state index in [1.54, 1.807) is 35.2 Å². The lowest BCUT2D eigenvalue weighted by atomic mass is 10.0. The van der Waals surface area contributed by atoms with Gasteiger partial charge in [-0.3, -0.25) is 9.59 Å². The number of aromatic nitrogens is 3. The number of H-pyrrole nitrogens is 1. The van der Waals surface area contributed by atoms with Crippen LogP contribution in [0.25, 0.3) is 10.8 Å². The van der Waals surface area contributed by atoms with Crippen LogP contribution in [0.1, 0.15) is 67.7 Å². The number of ether oxygens (including phenoxy) is 1. The SMILES string of the molecule is CC.CCCC.COc1c(Br)ccc2c(=O)[nH]nc(Cc3ccc(F)c(C(=O)N4CCN(c5ccc(C#N)cn5)CC4)c3)c12. The number of rotatable bonds is 6. The first-order valence-corrected chi connectivity index (χ1v) is 15.5. The van der Waals surface area contributed by atoms with Crippen molar-refractivity contribution in [2.75, 3.05) is 38.2 Å². The molecule has 1 N–H and O–H groups in total. The second kappa shape index (κ2) is 16.5. The number of nitrogens with zero attached hydrogens (tertiary/aromatic N) is 5. The average Bonchev–Trinajstić information content (AvgIpc) is 3.07. The Balaban J connectivity index is 0.000000816. The number of carbonyl (C=O) groups is 1. The number of unbranched alkanes of at least 4 members (excludes halogenated alkanes) is 1. The number of anilines is 1. The van der Waals surface area contributed by atoms with Crippen LogP contribution in [-0.4, -0.2) is 59.3 Å². The number of methoxy groups -OCH3 is 1. The molecule has 0 unspecified atom stereocenters. The number of carbonyl (C=O) groups excluding carboxylic acids is 1. The van der Waals surface area contributed by atoms with Gasteiger partial charge in [-0.15, -0.1) is 0 Å². The van der Waals surface area contributed by atoms with Gasteiger partial charge in [0.1, 0.15) is 23.5 Å². The Bertz CT molecular complexity index is 1660. The van der Waals surface area contributed by atoms with Crippen LogP contribution >= 0.6 is 15.9 Å². The molecule has 5 rings (SSSR count). The second-order valence-electron chi connectivity index (χ2n) is 9.79. The molecule has 0 radical (unpaired) electrons. The minimum atomic E-state index is -0.602. The lowest BCUT2D eigenvalue weighted by Crippen LogP contribution is -2.49. The summed E-state index contributed by atoms with van der Waals surface area (Å²) < 4.78 is 21.0. The van der Waals surface area contributed by atoms with Gasteiger partial charge < -0.3 is 14.5 Å². The molecule has 232 valence electrons. The fraction of sp³-hybridized carbons (Fsp3) is 0.364. The number of amides is 1. The molecule has 2 aromatic heterocycles. The van der Waals surface area contributed by atoms with E-state index in [-0.39, 0.29) is 17.5 Å². The summed E-state index contributed by atoms with van der Waals surface area (Å²) >= 11 is 3.45. The number of benzene rings is 2. The van der Waals surface area contributed by atoms with Crippen molar-refractivity contribution in [3.05, 3.63) is 91.7 Å². The van der Waals surface area contributed by atoms with Crippen LogP contribution < -0.4 is 15.2 Å². The Kier molecular flexibility index (Phi) is 12.8. The number of piperazine rings is 1. The topological polar surface area (TPSA) is 115 Å². The van der Waals surface area contributed by atoms with E-state index in [1.807, 2.05) is 24.8 Å². The first-order chi connectivity index (χ1) is 21.3. The monoisotopic (exact) mass is 664 g/mol. The molecule has 11 heteroatoms. The van der Waals surface area contributed by atoms with Gasteiger partial charge >= 0.3 is 0 Å². The highest BCUT2D eigenvalue weighted by Gasteiger charge is 2.25. The van der Waals surface area contributed by atoms with Crippen molar-refractivity contribution in [1.82, 2.24) is 20.1 Å². The van der Waals surface area contributed by atoms with Gasteiger partial charge in [0.25, 0.3) is 11.5 Å². The molecule has 1 amide bonds. The summed E-state index contributed by atoms with van der Waals surface area (Å²) in [4.78, 5) is 33.6. The first kappa shape index (κ1) is 34.2. The molecule has 1 aliphatic heterocycles. The predicted octanol–water partition coefficient (Wildman–Crippen LogP) is 6.49. The van der Waals surface area contributed by atoms with Crippen LogP contribution in [0.15, 0.2) is 57.9 Å². The predicted molar refractivity (Wildman–Crippen MR) is 175 cm³/mol. The van der Waals surface area contributed by atoms with Gasteiger partial charge in [-0.2, -0.15) is 10.4 Å². The van der Waals surface area contributed by atoms with Crippen LogP contribution in [0.3, 0.4) is 0 Å². The van der Waals surface area contributed by atoms with Gasteiger partial charge in [0.15, 0.2) is 0 Å². The van der Waals surface area contributed by atoms with Gasteiger partial charge in [0, 0.05) is 38.8 Å². The van der Waals surface area contributed by atoms with E-state index in [2.05, 4.69) is 45.0 Å². The molecule has 0 bridgehead atoms. The highest BCUT2D eigenvalue weighted by Crippen LogP contribution is 2.34. The summed E-state index contributed by atoms with van der Waals surface area (Å²) in [5.41, 5.74) is 1.31. The summed E-state index contributed by atoms with van der Waals surface area (Å²) in [5.74, 6) is 0.210. The smallest absolute Gasteiger partial charge is 0.272 e. The zero-order valence-corrected chi connectivity index (χ0v) is 27.4. The Hall–Kier alpha value is -4.30. The average molecular weight is 666 g/mol. The fourth-order valence-corrected chi connectivity index (χ4v) is 5.07. The first-order valence-electron chi connectivity index (χ1n) is 14.7. The molecule has 1 fully saturated rings. The van der Waals surface area contributed by atoms with E-state index in [4.69, 9.17) is 10.00 Å². The van der Waals surface area contributed by atoms with Crippen LogP contribution in [0.4, 0.5) is 10.2 Å². The maximum absolute atomic E-state index is 14.8. The van der Waals surface area contributed by atoms with Crippen molar-refractivity contribution in [2.45, 2.75) is 47.0 Å². The fourth-order valence-electron chi connectivity index (χ4n) is 4.58.